The lowest BCUT2D eigenvalue weighted by Crippen LogP contribution is -2.13. The van der Waals surface area contributed by atoms with Crippen molar-refractivity contribution in [2.45, 2.75) is 19.1 Å². The standard InChI is InChI=1S/C10H10O3/c11-8-5-6-10(12)13-9-4-2-1-3-7(8)9/h1-4,10,12H,5-6H2. The maximum Gasteiger partial charge on any atom is 0.197 e. The number of carbonyl (C=O) groups excluding carboxylic acids is 1. The summed E-state index contributed by atoms with van der Waals surface area (Å²) in [5.74, 6) is 0.518. The molecule has 0 radical (unpaired) electrons. The van der Waals surface area contributed by atoms with Gasteiger partial charge in [-0.05, 0) is 12.1 Å². The van der Waals surface area contributed by atoms with Crippen molar-refractivity contribution in [1.29, 1.82) is 0 Å². The van der Waals surface area contributed by atoms with Gasteiger partial charge in [-0.2, -0.15) is 0 Å². The van der Waals surface area contributed by atoms with Gasteiger partial charge in [0, 0.05) is 12.8 Å². The number of carbonyl (C=O) groups is 1. The normalized spacial score (nSPS) is 21.6. The van der Waals surface area contributed by atoms with Crippen molar-refractivity contribution < 1.29 is 14.6 Å². The van der Waals surface area contributed by atoms with Crippen LogP contribution in [-0.4, -0.2) is 17.2 Å². The highest BCUT2D eigenvalue weighted by Crippen LogP contribution is 2.25. The molecule has 1 atom stereocenters. The van der Waals surface area contributed by atoms with Gasteiger partial charge in [0.15, 0.2) is 12.1 Å². The lowest BCUT2D eigenvalue weighted by molar-refractivity contribution is -0.0203. The van der Waals surface area contributed by atoms with E-state index in [0.717, 1.165) is 0 Å². The number of benzene rings is 1. The van der Waals surface area contributed by atoms with Gasteiger partial charge in [0.25, 0.3) is 0 Å². The molecule has 1 aromatic rings. The first-order chi connectivity index (χ1) is 6.27. The fourth-order valence-electron chi connectivity index (χ4n) is 1.39. The van der Waals surface area contributed by atoms with Gasteiger partial charge in [-0.25, -0.2) is 0 Å². The molecule has 0 spiro atoms. The van der Waals surface area contributed by atoms with Crippen LogP contribution in [0.25, 0.3) is 0 Å². The van der Waals surface area contributed by atoms with Crippen LogP contribution in [0.5, 0.6) is 5.75 Å². The van der Waals surface area contributed by atoms with E-state index in [0.29, 0.717) is 24.2 Å². The molecular formula is C10H10O3. The Kier molecular flexibility index (Phi) is 2.02. The Morgan fingerprint density at radius 2 is 2.15 bits per heavy atom. The van der Waals surface area contributed by atoms with Crippen molar-refractivity contribution in [3.8, 4) is 5.75 Å². The number of para-hydroxylation sites is 1. The van der Waals surface area contributed by atoms with Crippen LogP contribution in [0.1, 0.15) is 23.2 Å². The summed E-state index contributed by atoms with van der Waals surface area (Å²) in [6.07, 6.45) is -0.140. The molecule has 3 nitrogen and oxygen atoms in total. The second-order valence-electron chi connectivity index (χ2n) is 3.03. The van der Waals surface area contributed by atoms with E-state index in [2.05, 4.69) is 0 Å². The third-order valence-corrected chi connectivity index (χ3v) is 2.07. The molecule has 13 heavy (non-hydrogen) atoms. The lowest BCUT2D eigenvalue weighted by atomic mass is 10.1. The van der Waals surface area contributed by atoms with Gasteiger partial charge in [0.1, 0.15) is 5.75 Å². The first-order valence-electron chi connectivity index (χ1n) is 4.24. The second kappa shape index (κ2) is 3.18. The quantitative estimate of drug-likeness (QED) is 0.652. The van der Waals surface area contributed by atoms with Crippen molar-refractivity contribution in [2.75, 3.05) is 0 Å². The van der Waals surface area contributed by atoms with Gasteiger partial charge in [0.05, 0.1) is 5.56 Å². The second-order valence-corrected chi connectivity index (χ2v) is 3.03. The predicted molar refractivity (Wildman–Crippen MR) is 46.6 cm³/mol. The highest BCUT2D eigenvalue weighted by molar-refractivity contribution is 5.98. The van der Waals surface area contributed by atoms with Crippen LogP contribution in [0.4, 0.5) is 0 Å². The van der Waals surface area contributed by atoms with Gasteiger partial charge in [0.2, 0.25) is 0 Å². The molecule has 0 bridgehead atoms. The topological polar surface area (TPSA) is 46.5 Å². The molecule has 0 amide bonds. The number of aliphatic hydroxyl groups excluding tert-OH is 1. The van der Waals surface area contributed by atoms with Crippen LogP contribution in [0.15, 0.2) is 24.3 Å². The summed E-state index contributed by atoms with van der Waals surface area (Å²) in [5, 5.41) is 9.28. The Morgan fingerprint density at radius 3 is 3.00 bits per heavy atom. The van der Waals surface area contributed by atoms with E-state index < -0.39 is 6.29 Å². The minimum Gasteiger partial charge on any atom is -0.464 e. The first kappa shape index (κ1) is 8.26. The number of rotatable bonds is 0. The van der Waals surface area contributed by atoms with Gasteiger partial charge < -0.3 is 9.84 Å². The van der Waals surface area contributed by atoms with Crippen LogP contribution < -0.4 is 4.74 Å². The van der Waals surface area contributed by atoms with E-state index >= 15 is 0 Å². The third-order valence-electron chi connectivity index (χ3n) is 2.07. The maximum atomic E-state index is 11.5. The van der Waals surface area contributed by atoms with E-state index in [1.54, 1.807) is 24.3 Å². The van der Waals surface area contributed by atoms with Crippen molar-refractivity contribution in [3.63, 3.8) is 0 Å². The Balaban J connectivity index is 2.43. The molecule has 1 aliphatic heterocycles. The summed E-state index contributed by atoms with van der Waals surface area (Å²) in [7, 11) is 0. The number of hydrogen-bond acceptors (Lipinski definition) is 3. The van der Waals surface area contributed by atoms with Crippen LogP contribution in [0.2, 0.25) is 0 Å². The van der Waals surface area contributed by atoms with E-state index in [1.807, 2.05) is 0 Å². The molecule has 0 saturated carbocycles. The zero-order chi connectivity index (χ0) is 9.26. The minimum absolute atomic E-state index is 0.0344. The fraction of sp³-hybridized carbons (Fsp3) is 0.300. The molecule has 0 fully saturated rings. The van der Waals surface area contributed by atoms with Crippen LogP contribution >= 0.6 is 0 Å². The van der Waals surface area contributed by atoms with Crippen LogP contribution in [0, 0.1) is 0 Å². The molecule has 0 saturated heterocycles. The molecule has 1 heterocycles. The molecule has 0 aliphatic carbocycles. The number of ether oxygens (including phenoxy) is 1. The summed E-state index contributed by atoms with van der Waals surface area (Å²) < 4.78 is 5.16. The average Bonchev–Trinajstić information content (AvgIpc) is 2.27. The van der Waals surface area contributed by atoms with Crippen molar-refractivity contribution in [1.82, 2.24) is 0 Å². The first-order valence-corrected chi connectivity index (χ1v) is 4.24. The summed E-state index contributed by atoms with van der Waals surface area (Å²) in [5.41, 5.74) is 0.569. The summed E-state index contributed by atoms with van der Waals surface area (Å²) in [6.45, 7) is 0. The Morgan fingerprint density at radius 1 is 1.38 bits per heavy atom. The molecule has 1 unspecified atom stereocenters. The number of aliphatic hydroxyl groups is 1. The van der Waals surface area contributed by atoms with Crippen molar-refractivity contribution in [2.24, 2.45) is 0 Å². The highest BCUT2D eigenvalue weighted by atomic mass is 16.6. The Hall–Kier alpha value is -1.35. The SMILES string of the molecule is O=C1CCC(O)Oc2ccccc21. The minimum atomic E-state index is -0.854. The van der Waals surface area contributed by atoms with Crippen LogP contribution in [-0.2, 0) is 0 Å². The zero-order valence-electron chi connectivity index (χ0n) is 7.06. The molecule has 1 aliphatic rings. The molecule has 2 rings (SSSR count). The third kappa shape index (κ3) is 1.55. The van der Waals surface area contributed by atoms with E-state index in [-0.39, 0.29) is 5.78 Å². The number of fused-ring (bicyclic) bond motifs is 1. The molecule has 3 heteroatoms. The van der Waals surface area contributed by atoms with Gasteiger partial charge in [-0.15, -0.1) is 0 Å². The number of Topliss-reactive ketones (excluding diaryl/α,β-unsaturated/α-hetero) is 1. The molecule has 0 aromatic heterocycles. The fourth-order valence-corrected chi connectivity index (χ4v) is 1.39. The lowest BCUT2D eigenvalue weighted by Gasteiger charge is -2.09. The maximum absolute atomic E-state index is 11.5. The van der Waals surface area contributed by atoms with Crippen LogP contribution in [0.3, 0.4) is 0 Å². The van der Waals surface area contributed by atoms with Gasteiger partial charge in [-0.1, -0.05) is 12.1 Å². The zero-order valence-corrected chi connectivity index (χ0v) is 7.06. The van der Waals surface area contributed by atoms with Crippen molar-refractivity contribution in [3.05, 3.63) is 29.8 Å². The molecule has 1 N–H and O–H groups in total. The number of hydrogen-bond donors (Lipinski definition) is 1. The smallest absolute Gasteiger partial charge is 0.197 e. The molecule has 1 aromatic carbocycles. The van der Waals surface area contributed by atoms with E-state index in [1.165, 1.54) is 0 Å². The molecule has 68 valence electrons. The summed E-state index contributed by atoms with van der Waals surface area (Å²) in [6, 6.07) is 6.99. The summed E-state index contributed by atoms with van der Waals surface area (Å²) in [4.78, 5) is 11.5. The van der Waals surface area contributed by atoms with Gasteiger partial charge >= 0.3 is 0 Å². The number of ketones is 1. The predicted octanol–water partition coefficient (Wildman–Crippen LogP) is 1.36. The summed E-state index contributed by atoms with van der Waals surface area (Å²) >= 11 is 0. The van der Waals surface area contributed by atoms with E-state index in [9.17, 15) is 9.90 Å². The average molecular weight is 178 g/mol. The van der Waals surface area contributed by atoms with Crippen molar-refractivity contribution >= 4 is 5.78 Å². The van der Waals surface area contributed by atoms with Gasteiger partial charge in [-0.3, -0.25) is 4.79 Å². The largest absolute Gasteiger partial charge is 0.464 e. The molecular weight excluding hydrogens is 168 g/mol. The Bertz CT molecular complexity index is 333. The van der Waals surface area contributed by atoms with E-state index in [4.69, 9.17) is 4.74 Å². The monoisotopic (exact) mass is 178 g/mol. The Labute approximate surface area is 76.0 Å². The highest BCUT2D eigenvalue weighted by Gasteiger charge is 2.20.